The van der Waals surface area contributed by atoms with Gasteiger partial charge in [0.05, 0.1) is 31.5 Å². The largest absolute Gasteiger partial charge is 0.497 e. The quantitative estimate of drug-likeness (QED) is 0.452. The molecule has 35 heavy (non-hydrogen) atoms. The lowest BCUT2D eigenvalue weighted by Crippen LogP contribution is -2.50. The molecule has 5 rings (SSSR count). The van der Waals surface area contributed by atoms with Crippen molar-refractivity contribution < 1.29 is 14.3 Å². The lowest BCUT2D eigenvalue weighted by Gasteiger charge is -2.38. The number of aromatic nitrogens is 1. The number of pyridine rings is 1. The summed E-state index contributed by atoms with van der Waals surface area (Å²) in [6.07, 6.45) is 2.00. The van der Waals surface area contributed by atoms with Gasteiger partial charge in [0.1, 0.15) is 11.5 Å². The Morgan fingerprint density at radius 3 is 2.60 bits per heavy atom. The van der Waals surface area contributed by atoms with Gasteiger partial charge in [-0.2, -0.15) is 0 Å². The molecule has 1 atom stereocenters. The van der Waals surface area contributed by atoms with Crippen LogP contribution in [0.15, 0.2) is 64.6 Å². The SMILES string of the molecule is COc1ccc(OC)c(NC(=O)C2=C(C)N(C3CC3)C(=S)N[C@@H]2c2cc3ccccc3[nH]c2=O)c1. The van der Waals surface area contributed by atoms with Gasteiger partial charge in [0.25, 0.3) is 11.5 Å². The molecule has 3 aromatic rings. The van der Waals surface area contributed by atoms with Crippen LogP contribution in [0.4, 0.5) is 5.69 Å². The number of H-pyrrole nitrogens is 1. The first-order valence-electron chi connectivity index (χ1n) is 11.4. The maximum absolute atomic E-state index is 13.8. The number of anilines is 1. The molecule has 2 aromatic carbocycles. The molecule has 9 heteroatoms. The molecule has 0 radical (unpaired) electrons. The molecular formula is C26H26N4O4S. The second kappa shape index (κ2) is 9.07. The van der Waals surface area contributed by atoms with Crippen LogP contribution >= 0.6 is 12.2 Å². The molecule has 0 spiro atoms. The zero-order valence-electron chi connectivity index (χ0n) is 19.7. The summed E-state index contributed by atoms with van der Waals surface area (Å²) < 4.78 is 10.8. The zero-order chi connectivity index (χ0) is 24.7. The lowest BCUT2D eigenvalue weighted by atomic mass is 9.94. The standard InChI is InChI=1S/C26H26N4O4S/c1-14-22(25(32)28-20-13-17(33-2)10-11-21(20)34-3)23(29-26(35)30(14)16-8-9-16)18-12-15-6-4-5-7-19(15)27-24(18)31/h4-7,10-13,16,23H,8-9H2,1-3H3,(H,27,31)(H,28,32)(H,29,35)/t23-/m1/s1. The van der Waals surface area contributed by atoms with Crippen LogP contribution in [0.3, 0.4) is 0 Å². The number of methoxy groups -OCH3 is 2. The summed E-state index contributed by atoms with van der Waals surface area (Å²) in [5.74, 6) is 0.722. The van der Waals surface area contributed by atoms with E-state index < -0.39 is 6.04 Å². The Morgan fingerprint density at radius 1 is 1.11 bits per heavy atom. The average molecular weight is 491 g/mol. The highest BCUT2D eigenvalue weighted by atomic mass is 32.1. The highest BCUT2D eigenvalue weighted by Crippen LogP contribution is 2.38. The number of nitrogens with zero attached hydrogens (tertiary/aromatic N) is 1. The number of hydrogen-bond donors (Lipinski definition) is 3. The van der Waals surface area contributed by atoms with E-state index in [0.717, 1.165) is 29.4 Å². The van der Waals surface area contributed by atoms with E-state index in [1.807, 2.05) is 42.2 Å². The van der Waals surface area contributed by atoms with Gasteiger partial charge in [0.15, 0.2) is 5.11 Å². The molecule has 1 aliphatic carbocycles. The molecular weight excluding hydrogens is 464 g/mol. The van der Waals surface area contributed by atoms with Crippen LogP contribution in [0.2, 0.25) is 0 Å². The van der Waals surface area contributed by atoms with Crippen molar-refractivity contribution in [3.8, 4) is 11.5 Å². The molecule has 1 saturated carbocycles. The molecule has 2 heterocycles. The van der Waals surface area contributed by atoms with Crippen LogP contribution in [-0.2, 0) is 4.79 Å². The van der Waals surface area contributed by atoms with Gasteiger partial charge in [-0.1, -0.05) is 18.2 Å². The molecule has 3 N–H and O–H groups in total. The summed E-state index contributed by atoms with van der Waals surface area (Å²) >= 11 is 5.68. The fraction of sp³-hybridized carbons (Fsp3) is 0.269. The number of ether oxygens (including phenoxy) is 2. The molecule has 1 aromatic heterocycles. The van der Waals surface area contributed by atoms with E-state index in [2.05, 4.69) is 15.6 Å². The van der Waals surface area contributed by atoms with Crippen molar-refractivity contribution in [1.29, 1.82) is 0 Å². The van der Waals surface area contributed by atoms with Gasteiger partial charge in [0.2, 0.25) is 0 Å². The highest BCUT2D eigenvalue weighted by Gasteiger charge is 2.41. The third-order valence-corrected chi connectivity index (χ3v) is 6.75. The van der Waals surface area contributed by atoms with Crippen molar-refractivity contribution in [2.24, 2.45) is 0 Å². The maximum atomic E-state index is 13.8. The number of thiocarbonyl (C=S) groups is 1. The van der Waals surface area contributed by atoms with Gasteiger partial charge in [-0.3, -0.25) is 9.59 Å². The number of para-hydroxylation sites is 1. The van der Waals surface area contributed by atoms with E-state index >= 15 is 0 Å². The molecule has 0 bridgehead atoms. The molecule has 180 valence electrons. The third kappa shape index (κ3) is 4.23. The fourth-order valence-electron chi connectivity index (χ4n) is 4.54. The summed E-state index contributed by atoms with van der Waals surface area (Å²) in [4.78, 5) is 31.9. The van der Waals surface area contributed by atoms with Crippen molar-refractivity contribution in [3.63, 3.8) is 0 Å². The minimum Gasteiger partial charge on any atom is -0.497 e. The van der Waals surface area contributed by atoms with E-state index in [4.69, 9.17) is 21.7 Å². The average Bonchev–Trinajstić information content (AvgIpc) is 3.68. The van der Waals surface area contributed by atoms with Gasteiger partial charge in [-0.25, -0.2) is 0 Å². The molecule has 1 aliphatic heterocycles. The third-order valence-electron chi connectivity index (χ3n) is 6.43. The van der Waals surface area contributed by atoms with Gasteiger partial charge >= 0.3 is 0 Å². The Balaban J connectivity index is 1.61. The Bertz CT molecular complexity index is 1430. The summed E-state index contributed by atoms with van der Waals surface area (Å²) in [5, 5.41) is 7.61. The van der Waals surface area contributed by atoms with E-state index in [1.54, 1.807) is 25.3 Å². The van der Waals surface area contributed by atoms with Gasteiger partial charge in [0, 0.05) is 28.9 Å². The van der Waals surface area contributed by atoms with Crippen LogP contribution < -0.4 is 25.7 Å². The van der Waals surface area contributed by atoms with Crippen molar-refractivity contribution in [3.05, 3.63) is 75.7 Å². The minimum absolute atomic E-state index is 0.250. The van der Waals surface area contributed by atoms with E-state index in [9.17, 15) is 9.59 Å². The smallest absolute Gasteiger partial charge is 0.255 e. The van der Waals surface area contributed by atoms with E-state index in [1.165, 1.54) is 7.11 Å². The number of hydrogen-bond acceptors (Lipinski definition) is 5. The molecule has 8 nitrogen and oxygen atoms in total. The fourth-order valence-corrected chi connectivity index (χ4v) is 4.94. The van der Waals surface area contributed by atoms with Crippen molar-refractivity contribution in [2.75, 3.05) is 19.5 Å². The van der Waals surface area contributed by atoms with Crippen LogP contribution in [0.25, 0.3) is 10.9 Å². The molecule has 1 fully saturated rings. The predicted octanol–water partition coefficient (Wildman–Crippen LogP) is 3.85. The number of carbonyl (C=O) groups is 1. The Labute approximate surface area is 207 Å². The number of carbonyl (C=O) groups excluding carboxylic acids is 1. The molecule has 1 amide bonds. The van der Waals surface area contributed by atoms with Gasteiger partial charge in [-0.15, -0.1) is 0 Å². The van der Waals surface area contributed by atoms with Gasteiger partial charge in [-0.05, 0) is 61.6 Å². The number of allylic oxidation sites excluding steroid dienone is 1. The second-order valence-electron chi connectivity index (χ2n) is 8.64. The number of aromatic amines is 1. The maximum Gasteiger partial charge on any atom is 0.255 e. The van der Waals surface area contributed by atoms with Crippen LogP contribution in [0.5, 0.6) is 11.5 Å². The van der Waals surface area contributed by atoms with Crippen molar-refractivity contribution in [1.82, 2.24) is 15.2 Å². The summed E-state index contributed by atoms with van der Waals surface area (Å²) in [6, 6.07) is 14.1. The summed E-state index contributed by atoms with van der Waals surface area (Å²) in [5.41, 5.74) is 2.50. The van der Waals surface area contributed by atoms with Crippen molar-refractivity contribution in [2.45, 2.75) is 31.8 Å². The van der Waals surface area contributed by atoms with E-state index in [0.29, 0.717) is 33.4 Å². The van der Waals surface area contributed by atoms with Crippen LogP contribution in [-0.4, -0.2) is 41.2 Å². The normalized spacial score (nSPS) is 17.9. The summed E-state index contributed by atoms with van der Waals surface area (Å²) in [6.45, 7) is 1.88. The Hall–Kier alpha value is -3.85. The number of amides is 1. The topological polar surface area (TPSA) is 95.7 Å². The van der Waals surface area contributed by atoms with Gasteiger partial charge < -0.3 is 30.0 Å². The van der Waals surface area contributed by atoms with Crippen LogP contribution in [0.1, 0.15) is 31.4 Å². The Kier molecular flexibility index (Phi) is 5.94. The first-order valence-corrected chi connectivity index (χ1v) is 11.8. The zero-order valence-corrected chi connectivity index (χ0v) is 20.5. The summed E-state index contributed by atoms with van der Waals surface area (Å²) in [7, 11) is 3.09. The van der Waals surface area contributed by atoms with E-state index in [-0.39, 0.29) is 17.5 Å². The van der Waals surface area contributed by atoms with Crippen molar-refractivity contribution >= 4 is 39.8 Å². The number of rotatable bonds is 6. The Morgan fingerprint density at radius 2 is 1.89 bits per heavy atom. The predicted molar refractivity (Wildman–Crippen MR) is 139 cm³/mol. The number of nitrogens with one attached hydrogen (secondary N) is 3. The first-order chi connectivity index (χ1) is 16.9. The first kappa shape index (κ1) is 22.9. The second-order valence-corrected chi connectivity index (χ2v) is 9.03. The monoisotopic (exact) mass is 490 g/mol. The number of fused-ring (bicyclic) bond motifs is 1. The highest BCUT2D eigenvalue weighted by molar-refractivity contribution is 7.80. The minimum atomic E-state index is -0.720. The lowest BCUT2D eigenvalue weighted by molar-refractivity contribution is -0.113. The molecule has 0 saturated heterocycles. The van der Waals surface area contributed by atoms with Crippen LogP contribution in [0, 0.1) is 0 Å². The number of benzene rings is 2. The molecule has 0 unspecified atom stereocenters. The molecule has 2 aliphatic rings.